The molecule has 0 saturated heterocycles. The van der Waals surface area contributed by atoms with Crippen molar-refractivity contribution in [1.29, 1.82) is 0 Å². The molecule has 2 aromatic heterocycles. The van der Waals surface area contributed by atoms with Gasteiger partial charge in [0.2, 0.25) is 5.95 Å². The van der Waals surface area contributed by atoms with E-state index in [9.17, 15) is 0 Å². The van der Waals surface area contributed by atoms with Crippen LogP contribution in [0.3, 0.4) is 0 Å². The highest BCUT2D eigenvalue weighted by Gasteiger charge is 2.25. The summed E-state index contributed by atoms with van der Waals surface area (Å²) in [5, 5.41) is 4.84. The third kappa shape index (κ3) is 3.81. The van der Waals surface area contributed by atoms with E-state index in [-0.39, 0.29) is 0 Å². The Kier molecular flexibility index (Phi) is 5.20. The number of para-hydroxylation sites is 1. The molecule has 0 bridgehead atoms. The first-order valence-electron chi connectivity index (χ1n) is 11.1. The molecule has 0 amide bonds. The Morgan fingerprint density at radius 3 is 2.58 bits per heavy atom. The van der Waals surface area contributed by atoms with E-state index >= 15 is 0 Å². The second kappa shape index (κ2) is 8.16. The summed E-state index contributed by atoms with van der Waals surface area (Å²) in [6.45, 7) is 9.30. The number of nitrogens with zero attached hydrogens (tertiary/aromatic N) is 4. The standard InChI is InChI=1S/C26H29N5/c1-18(2)30-14-13-23-22(17-30)25(27-16-20-9-5-4-6-10-20)29-26(28-23)31-19(3)15-21-11-7-8-12-24(21)31/h4-12,15,18H,13-14,16-17H2,1-3H3,(H,27,28,29). The highest BCUT2D eigenvalue weighted by molar-refractivity contribution is 5.82. The maximum absolute atomic E-state index is 5.06. The molecule has 0 saturated carbocycles. The van der Waals surface area contributed by atoms with Crippen molar-refractivity contribution in [3.63, 3.8) is 0 Å². The van der Waals surface area contributed by atoms with Gasteiger partial charge in [-0.1, -0.05) is 48.5 Å². The van der Waals surface area contributed by atoms with Crippen LogP contribution in [-0.4, -0.2) is 32.0 Å². The number of rotatable bonds is 5. The van der Waals surface area contributed by atoms with Gasteiger partial charge in [-0.05, 0) is 38.5 Å². The van der Waals surface area contributed by atoms with Crippen molar-refractivity contribution < 1.29 is 0 Å². The summed E-state index contributed by atoms with van der Waals surface area (Å²) in [6, 6.07) is 21.6. The molecule has 1 aliphatic rings. The molecular weight excluding hydrogens is 382 g/mol. The van der Waals surface area contributed by atoms with E-state index < -0.39 is 0 Å². The maximum Gasteiger partial charge on any atom is 0.236 e. The van der Waals surface area contributed by atoms with E-state index in [2.05, 4.69) is 96.2 Å². The zero-order chi connectivity index (χ0) is 21.4. The smallest absolute Gasteiger partial charge is 0.236 e. The molecule has 1 aliphatic heterocycles. The Bertz CT molecular complexity index is 1210. The molecule has 1 N–H and O–H groups in total. The lowest BCUT2D eigenvalue weighted by atomic mass is 10.0. The fourth-order valence-electron chi connectivity index (χ4n) is 4.45. The Labute approximate surface area is 183 Å². The number of fused-ring (bicyclic) bond motifs is 2. The van der Waals surface area contributed by atoms with Gasteiger partial charge in [0.15, 0.2) is 0 Å². The van der Waals surface area contributed by atoms with Gasteiger partial charge >= 0.3 is 0 Å². The molecule has 5 rings (SSSR count). The van der Waals surface area contributed by atoms with E-state index in [0.717, 1.165) is 54.7 Å². The normalized spacial score (nSPS) is 14.2. The molecule has 158 valence electrons. The van der Waals surface area contributed by atoms with Gasteiger partial charge in [-0.15, -0.1) is 0 Å². The Morgan fingerprint density at radius 1 is 1.00 bits per heavy atom. The third-order valence-corrected chi connectivity index (χ3v) is 6.21. The topological polar surface area (TPSA) is 46.0 Å². The lowest BCUT2D eigenvalue weighted by molar-refractivity contribution is 0.202. The van der Waals surface area contributed by atoms with E-state index in [1.165, 1.54) is 16.5 Å². The van der Waals surface area contributed by atoms with Gasteiger partial charge < -0.3 is 5.32 Å². The first kappa shape index (κ1) is 19.8. The summed E-state index contributed by atoms with van der Waals surface area (Å²) in [7, 11) is 0. The number of hydrogen-bond acceptors (Lipinski definition) is 4. The van der Waals surface area contributed by atoms with E-state index in [0.29, 0.717) is 6.04 Å². The predicted octanol–water partition coefficient (Wildman–Crippen LogP) is 5.11. The molecule has 5 heteroatoms. The van der Waals surface area contributed by atoms with Gasteiger partial charge in [-0.25, -0.2) is 4.98 Å². The molecule has 3 heterocycles. The van der Waals surface area contributed by atoms with Gasteiger partial charge in [0.25, 0.3) is 0 Å². The van der Waals surface area contributed by atoms with E-state index in [4.69, 9.17) is 9.97 Å². The molecule has 5 nitrogen and oxygen atoms in total. The summed E-state index contributed by atoms with van der Waals surface area (Å²) >= 11 is 0. The molecule has 0 aliphatic carbocycles. The third-order valence-electron chi connectivity index (χ3n) is 6.21. The molecule has 0 atom stereocenters. The van der Waals surface area contributed by atoms with Crippen LogP contribution in [0, 0.1) is 6.92 Å². The second-order valence-electron chi connectivity index (χ2n) is 8.63. The fourth-order valence-corrected chi connectivity index (χ4v) is 4.45. The van der Waals surface area contributed by atoms with Crippen molar-refractivity contribution in [2.45, 2.75) is 46.3 Å². The zero-order valence-electron chi connectivity index (χ0n) is 18.5. The van der Waals surface area contributed by atoms with Crippen LogP contribution in [0.15, 0.2) is 60.7 Å². The Hall–Kier alpha value is -3.18. The quantitative estimate of drug-likeness (QED) is 0.496. The molecule has 0 radical (unpaired) electrons. The number of anilines is 1. The zero-order valence-corrected chi connectivity index (χ0v) is 18.5. The highest BCUT2D eigenvalue weighted by atomic mass is 15.2. The summed E-state index contributed by atoms with van der Waals surface area (Å²) in [5.74, 6) is 1.71. The predicted molar refractivity (Wildman–Crippen MR) is 127 cm³/mol. The minimum atomic E-state index is 0.505. The molecule has 2 aromatic carbocycles. The van der Waals surface area contributed by atoms with E-state index in [1.54, 1.807) is 0 Å². The SMILES string of the molecule is Cc1cc2ccccc2n1-c1nc2c(c(NCc3ccccc3)n1)CN(C(C)C)CC2. The van der Waals surface area contributed by atoms with Crippen molar-refractivity contribution in [3.05, 3.63) is 83.2 Å². The minimum Gasteiger partial charge on any atom is -0.366 e. The number of nitrogens with one attached hydrogen (secondary N) is 1. The fraction of sp³-hybridized carbons (Fsp3) is 0.308. The molecule has 4 aromatic rings. The summed E-state index contributed by atoms with van der Waals surface area (Å²) in [5.41, 5.74) is 5.93. The molecular formula is C26H29N5. The summed E-state index contributed by atoms with van der Waals surface area (Å²) < 4.78 is 2.18. The first-order valence-corrected chi connectivity index (χ1v) is 11.1. The van der Waals surface area contributed by atoms with Crippen molar-refractivity contribution in [2.75, 3.05) is 11.9 Å². The lowest BCUT2D eigenvalue weighted by Gasteiger charge is -2.32. The Balaban J connectivity index is 1.59. The Morgan fingerprint density at radius 2 is 1.77 bits per heavy atom. The van der Waals surface area contributed by atoms with Crippen molar-refractivity contribution in [2.24, 2.45) is 0 Å². The molecule has 0 fully saturated rings. The van der Waals surface area contributed by atoms with Gasteiger partial charge in [0.1, 0.15) is 5.82 Å². The van der Waals surface area contributed by atoms with Gasteiger partial charge in [-0.3, -0.25) is 9.47 Å². The number of aryl methyl sites for hydroxylation is 1. The van der Waals surface area contributed by atoms with E-state index in [1.807, 2.05) is 0 Å². The van der Waals surface area contributed by atoms with Crippen LogP contribution in [0.5, 0.6) is 0 Å². The number of hydrogen-bond donors (Lipinski definition) is 1. The van der Waals surface area contributed by atoms with Crippen molar-refractivity contribution >= 4 is 16.7 Å². The largest absolute Gasteiger partial charge is 0.366 e. The second-order valence-corrected chi connectivity index (χ2v) is 8.63. The van der Waals surface area contributed by atoms with Crippen LogP contribution in [0.1, 0.15) is 36.4 Å². The molecule has 0 spiro atoms. The summed E-state index contributed by atoms with van der Waals surface area (Å²) in [4.78, 5) is 12.6. The van der Waals surface area contributed by atoms with Crippen LogP contribution < -0.4 is 5.32 Å². The minimum absolute atomic E-state index is 0.505. The van der Waals surface area contributed by atoms with Crippen LogP contribution >= 0.6 is 0 Å². The lowest BCUT2D eigenvalue weighted by Crippen LogP contribution is -2.37. The average Bonchev–Trinajstić information content (AvgIpc) is 3.13. The average molecular weight is 412 g/mol. The highest BCUT2D eigenvalue weighted by Crippen LogP contribution is 2.29. The maximum atomic E-state index is 5.06. The van der Waals surface area contributed by atoms with Gasteiger partial charge in [-0.2, -0.15) is 4.98 Å². The van der Waals surface area contributed by atoms with Crippen molar-refractivity contribution in [1.82, 2.24) is 19.4 Å². The van der Waals surface area contributed by atoms with Gasteiger partial charge in [0, 0.05) is 48.7 Å². The molecule has 0 unspecified atom stereocenters. The monoisotopic (exact) mass is 411 g/mol. The molecule has 31 heavy (non-hydrogen) atoms. The number of aromatic nitrogens is 3. The van der Waals surface area contributed by atoms with Crippen LogP contribution in [0.2, 0.25) is 0 Å². The number of benzene rings is 2. The van der Waals surface area contributed by atoms with Gasteiger partial charge in [0.05, 0.1) is 11.2 Å². The van der Waals surface area contributed by atoms with Crippen LogP contribution in [0.4, 0.5) is 5.82 Å². The first-order chi connectivity index (χ1) is 15.1. The van der Waals surface area contributed by atoms with Crippen LogP contribution in [0.25, 0.3) is 16.9 Å². The summed E-state index contributed by atoms with van der Waals surface area (Å²) in [6.07, 6.45) is 0.946. The van der Waals surface area contributed by atoms with Crippen molar-refractivity contribution in [3.8, 4) is 5.95 Å². The van der Waals surface area contributed by atoms with Crippen LogP contribution in [-0.2, 0) is 19.5 Å².